The highest BCUT2D eigenvalue weighted by Gasteiger charge is 2.40. The molecule has 0 radical (unpaired) electrons. The highest BCUT2D eigenvalue weighted by Crippen LogP contribution is 2.39. The number of nitrogens with one attached hydrogen (secondary N) is 2. The molecule has 1 fully saturated rings. The summed E-state index contributed by atoms with van der Waals surface area (Å²) < 4.78 is 14.3. The fraction of sp³-hybridized carbons (Fsp3) is 0.429. The molecule has 4 rings (SSSR count). The molecule has 0 atom stereocenters. The highest BCUT2D eigenvalue weighted by atomic mass is 19.1. The van der Waals surface area contributed by atoms with Crippen LogP contribution in [0.3, 0.4) is 0 Å². The van der Waals surface area contributed by atoms with Gasteiger partial charge in [-0.05, 0) is 56.8 Å². The third-order valence-electron chi connectivity index (χ3n) is 7.54. The molecule has 3 heterocycles. The molecule has 40 heavy (non-hydrogen) atoms. The van der Waals surface area contributed by atoms with Gasteiger partial charge >= 0.3 is 12.1 Å². The largest absolute Gasteiger partial charge is 0.465 e. The molecule has 0 spiro atoms. The summed E-state index contributed by atoms with van der Waals surface area (Å²) in [5, 5.41) is 12.1. The van der Waals surface area contributed by atoms with Gasteiger partial charge in [0.1, 0.15) is 5.82 Å². The Kier molecular flexibility index (Phi) is 8.58. The maximum atomic E-state index is 14.3. The number of aromatic amines is 1. The van der Waals surface area contributed by atoms with Gasteiger partial charge in [-0.2, -0.15) is 0 Å². The molecule has 5 amide bonds. The molecular formula is C28H35FN6O5. The number of urea groups is 1. The van der Waals surface area contributed by atoms with Crippen LogP contribution in [-0.2, 0) is 4.79 Å². The number of imide groups is 1. The number of carbonyl (C=O) groups excluding carboxylic acids is 3. The molecule has 0 aliphatic carbocycles. The number of nitrogens with zero attached hydrogens (tertiary/aromatic N) is 4. The monoisotopic (exact) mass is 554 g/mol. The summed E-state index contributed by atoms with van der Waals surface area (Å²) in [6.07, 6.45) is 0.481. The Morgan fingerprint density at radius 1 is 1.10 bits per heavy atom. The first-order chi connectivity index (χ1) is 19.1. The van der Waals surface area contributed by atoms with Gasteiger partial charge in [-0.1, -0.05) is 13.8 Å². The molecule has 12 heteroatoms. The SMILES string of the molecule is CCN(CC)CCNC(=O)c1c(C)[nH]c(C=C2C(=O)N(C(=O)N3CCN(C(=O)O)CC3)c3ccc(F)cc32)c1C. The van der Waals surface area contributed by atoms with E-state index in [0.29, 0.717) is 29.1 Å². The van der Waals surface area contributed by atoms with Crippen LogP contribution in [0.15, 0.2) is 18.2 Å². The first kappa shape index (κ1) is 28.8. The van der Waals surface area contributed by atoms with E-state index in [4.69, 9.17) is 0 Å². The predicted molar refractivity (Wildman–Crippen MR) is 149 cm³/mol. The Labute approximate surface area is 232 Å². The Hall–Kier alpha value is -4.19. The second-order valence-corrected chi connectivity index (χ2v) is 9.85. The summed E-state index contributed by atoms with van der Waals surface area (Å²) in [6, 6.07) is 3.18. The van der Waals surface area contributed by atoms with Crippen LogP contribution in [-0.4, -0.2) is 101 Å². The van der Waals surface area contributed by atoms with Crippen LogP contribution in [0.5, 0.6) is 0 Å². The van der Waals surface area contributed by atoms with Crippen molar-refractivity contribution in [2.45, 2.75) is 27.7 Å². The van der Waals surface area contributed by atoms with Crippen molar-refractivity contribution in [1.29, 1.82) is 0 Å². The summed E-state index contributed by atoms with van der Waals surface area (Å²) in [5.41, 5.74) is 2.86. The van der Waals surface area contributed by atoms with Crippen molar-refractivity contribution in [3.8, 4) is 0 Å². The van der Waals surface area contributed by atoms with Crippen molar-refractivity contribution in [3.05, 3.63) is 52.1 Å². The zero-order valence-corrected chi connectivity index (χ0v) is 23.2. The molecule has 1 aromatic carbocycles. The lowest BCUT2D eigenvalue weighted by Gasteiger charge is -2.34. The van der Waals surface area contributed by atoms with E-state index in [0.717, 1.165) is 24.5 Å². The van der Waals surface area contributed by atoms with Crippen LogP contribution in [0.2, 0.25) is 0 Å². The molecule has 2 aliphatic rings. The average molecular weight is 555 g/mol. The molecule has 0 unspecified atom stereocenters. The maximum absolute atomic E-state index is 14.3. The number of aryl methyl sites for hydroxylation is 1. The van der Waals surface area contributed by atoms with Gasteiger partial charge in [0.05, 0.1) is 16.8 Å². The molecule has 11 nitrogen and oxygen atoms in total. The fourth-order valence-electron chi connectivity index (χ4n) is 5.18. The van der Waals surface area contributed by atoms with Crippen molar-refractivity contribution in [2.75, 3.05) is 57.3 Å². The van der Waals surface area contributed by atoms with E-state index < -0.39 is 23.8 Å². The Morgan fingerprint density at radius 3 is 2.38 bits per heavy atom. The highest BCUT2D eigenvalue weighted by molar-refractivity contribution is 6.42. The molecule has 1 aromatic heterocycles. The van der Waals surface area contributed by atoms with Crippen LogP contribution >= 0.6 is 0 Å². The predicted octanol–water partition coefficient (Wildman–Crippen LogP) is 3.15. The summed E-state index contributed by atoms with van der Waals surface area (Å²) in [5.74, 6) is -1.41. The molecule has 0 bridgehead atoms. The molecular weight excluding hydrogens is 519 g/mol. The van der Waals surface area contributed by atoms with Crippen LogP contribution in [0.4, 0.5) is 19.7 Å². The normalized spacial score (nSPS) is 16.2. The van der Waals surface area contributed by atoms with E-state index in [9.17, 15) is 28.7 Å². The lowest BCUT2D eigenvalue weighted by atomic mass is 10.0. The second-order valence-electron chi connectivity index (χ2n) is 9.85. The van der Waals surface area contributed by atoms with Gasteiger partial charge in [-0.25, -0.2) is 18.9 Å². The van der Waals surface area contributed by atoms with Gasteiger partial charge in [0.15, 0.2) is 0 Å². The van der Waals surface area contributed by atoms with Gasteiger partial charge in [0.25, 0.3) is 11.8 Å². The Morgan fingerprint density at radius 2 is 1.75 bits per heavy atom. The van der Waals surface area contributed by atoms with E-state index in [1.54, 1.807) is 19.9 Å². The zero-order valence-electron chi connectivity index (χ0n) is 23.2. The Bertz CT molecular complexity index is 1360. The van der Waals surface area contributed by atoms with Crippen LogP contribution < -0.4 is 10.2 Å². The van der Waals surface area contributed by atoms with E-state index in [1.165, 1.54) is 28.0 Å². The first-order valence-corrected chi connectivity index (χ1v) is 13.4. The number of piperazine rings is 1. The molecule has 214 valence electrons. The summed E-state index contributed by atoms with van der Waals surface area (Å²) in [7, 11) is 0. The minimum Gasteiger partial charge on any atom is -0.465 e. The number of fused-ring (bicyclic) bond motifs is 1. The molecule has 2 aromatic rings. The standard InChI is InChI=1S/C28H35FN6O5/c1-5-32(6-2)10-9-30-25(36)24-17(3)22(31-18(24)4)16-21-20-15-19(29)7-8-23(20)35(26(21)37)27(38)33-11-13-34(14-12-33)28(39)40/h7-8,15-16,31H,5-6,9-14H2,1-4H3,(H,30,36)(H,39,40). The van der Waals surface area contributed by atoms with E-state index in [2.05, 4.69) is 29.0 Å². The van der Waals surface area contributed by atoms with Crippen molar-refractivity contribution in [2.24, 2.45) is 0 Å². The molecule has 1 saturated heterocycles. The number of H-pyrrole nitrogens is 1. The van der Waals surface area contributed by atoms with Crippen molar-refractivity contribution in [3.63, 3.8) is 0 Å². The number of hydrogen-bond acceptors (Lipinski definition) is 5. The van der Waals surface area contributed by atoms with Crippen molar-refractivity contribution < 1.29 is 28.7 Å². The Balaban J connectivity index is 1.60. The zero-order chi connectivity index (χ0) is 29.1. The third kappa shape index (κ3) is 5.57. The number of carboxylic acid groups (broad SMARTS) is 1. The summed E-state index contributed by atoms with van der Waals surface area (Å²) in [6.45, 7) is 11.2. The van der Waals surface area contributed by atoms with Gasteiger partial charge in [-0.15, -0.1) is 0 Å². The van der Waals surface area contributed by atoms with E-state index in [-0.39, 0.29) is 48.9 Å². The maximum Gasteiger partial charge on any atom is 0.407 e. The minimum absolute atomic E-state index is 0.116. The average Bonchev–Trinajstić information content (AvgIpc) is 3.37. The minimum atomic E-state index is -1.07. The van der Waals surface area contributed by atoms with E-state index >= 15 is 0 Å². The second kappa shape index (κ2) is 11.9. The summed E-state index contributed by atoms with van der Waals surface area (Å²) >= 11 is 0. The number of halogens is 1. The number of carbonyl (C=O) groups is 4. The fourth-order valence-corrected chi connectivity index (χ4v) is 5.18. The lowest BCUT2D eigenvalue weighted by molar-refractivity contribution is -0.112. The number of hydrogen-bond donors (Lipinski definition) is 3. The number of aromatic nitrogens is 1. The lowest BCUT2D eigenvalue weighted by Crippen LogP contribution is -2.54. The smallest absolute Gasteiger partial charge is 0.407 e. The quantitative estimate of drug-likeness (QED) is 0.451. The van der Waals surface area contributed by atoms with Crippen LogP contribution in [0, 0.1) is 19.7 Å². The number of anilines is 1. The van der Waals surface area contributed by atoms with Crippen molar-refractivity contribution in [1.82, 2.24) is 25.0 Å². The molecule has 2 aliphatic heterocycles. The van der Waals surface area contributed by atoms with E-state index in [1.807, 2.05) is 0 Å². The first-order valence-electron chi connectivity index (χ1n) is 13.4. The molecule has 0 saturated carbocycles. The number of benzene rings is 1. The summed E-state index contributed by atoms with van der Waals surface area (Å²) in [4.78, 5) is 60.3. The van der Waals surface area contributed by atoms with Crippen molar-refractivity contribution >= 4 is 41.3 Å². The van der Waals surface area contributed by atoms with Gasteiger partial charge in [0.2, 0.25) is 0 Å². The number of rotatable bonds is 7. The number of amides is 5. The topological polar surface area (TPSA) is 129 Å². The molecule has 3 N–H and O–H groups in total. The number of likely N-dealkylation sites (N-methyl/N-ethyl adjacent to an activating group) is 1. The van der Waals surface area contributed by atoms with Gasteiger partial charge in [0, 0.05) is 56.2 Å². The van der Waals surface area contributed by atoms with Crippen LogP contribution in [0.25, 0.3) is 11.6 Å². The van der Waals surface area contributed by atoms with Gasteiger partial charge in [-0.3, -0.25) is 9.59 Å². The van der Waals surface area contributed by atoms with Gasteiger partial charge < -0.3 is 30.1 Å². The third-order valence-corrected chi connectivity index (χ3v) is 7.54. The van der Waals surface area contributed by atoms with Crippen LogP contribution in [0.1, 0.15) is 46.7 Å².